The number of aromatic nitrogens is 3. The van der Waals surface area contributed by atoms with E-state index in [0.29, 0.717) is 11.7 Å². The minimum Gasteiger partial charge on any atom is -0.334 e. The van der Waals surface area contributed by atoms with E-state index in [4.69, 9.17) is 4.52 Å². The Bertz CT molecular complexity index is 1160. The van der Waals surface area contributed by atoms with Gasteiger partial charge in [0.1, 0.15) is 0 Å². The Morgan fingerprint density at radius 3 is 2.55 bits per heavy atom. The first kappa shape index (κ1) is 19.0. The fraction of sp³-hybridized carbons (Fsp3) is 0.182. The molecule has 6 nitrogen and oxygen atoms in total. The first-order valence-electron chi connectivity index (χ1n) is 9.31. The van der Waals surface area contributed by atoms with Crippen LogP contribution in [0.3, 0.4) is 0 Å². The van der Waals surface area contributed by atoms with Crippen molar-refractivity contribution in [2.75, 3.05) is 5.32 Å². The van der Waals surface area contributed by atoms with Crippen molar-refractivity contribution in [3.8, 4) is 34.1 Å². The van der Waals surface area contributed by atoms with E-state index in [1.54, 1.807) is 11.3 Å². The zero-order valence-corrected chi connectivity index (χ0v) is 17.2. The highest BCUT2D eigenvalue weighted by Gasteiger charge is 2.15. The van der Waals surface area contributed by atoms with Crippen molar-refractivity contribution in [2.24, 2.45) is 0 Å². The summed E-state index contributed by atoms with van der Waals surface area (Å²) < 4.78 is 5.49. The predicted molar refractivity (Wildman–Crippen MR) is 115 cm³/mol. The molecule has 1 N–H and O–H groups in total. The van der Waals surface area contributed by atoms with Crippen LogP contribution in [-0.2, 0) is 11.2 Å². The summed E-state index contributed by atoms with van der Waals surface area (Å²) in [5, 5.41) is 10.1. The Kier molecular flexibility index (Phi) is 5.22. The highest BCUT2D eigenvalue weighted by molar-refractivity contribution is 7.09. The van der Waals surface area contributed by atoms with Crippen LogP contribution in [0.15, 0.2) is 52.4 Å². The summed E-state index contributed by atoms with van der Waals surface area (Å²) in [4.78, 5) is 20.6. The van der Waals surface area contributed by atoms with Gasteiger partial charge in [-0.05, 0) is 31.0 Å². The van der Waals surface area contributed by atoms with Gasteiger partial charge in [-0.25, -0.2) is 4.98 Å². The quantitative estimate of drug-likeness (QED) is 0.484. The van der Waals surface area contributed by atoms with Crippen molar-refractivity contribution in [3.63, 3.8) is 0 Å². The summed E-state index contributed by atoms with van der Waals surface area (Å²) in [6.07, 6.45) is 0.941. The van der Waals surface area contributed by atoms with Crippen LogP contribution in [0, 0.1) is 6.92 Å². The Balaban J connectivity index is 1.60. The number of amides is 1. The first-order valence-corrected chi connectivity index (χ1v) is 10.2. The minimum atomic E-state index is -0.122. The maximum Gasteiger partial charge on any atom is 0.258 e. The number of nitrogens with one attached hydrogen (secondary N) is 1. The molecule has 2 heterocycles. The molecule has 0 spiro atoms. The van der Waals surface area contributed by atoms with E-state index in [-0.39, 0.29) is 5.91 Å². The van der Waals surface area contributed by atoms with Crippen molar-refractivity contribution >= 4 is 22.9 Å². The lowest BCUT2D eigenvalue weighted by Crippen LogP contribution is -2.07. The fourth-order valence-corrected chi connectivity index (χ4v) is 3.79. The number of hydrogen-bond acceptors (Lipinski definition) is 6. The van der Waals surface area contributed by atoms with Gasteiger partial charge in [-0.15, -0.1) is 11.3 Å². The summed E-state index contributed by atoms with van der Waals surface area (Å²) in [5.41, 5.74) is 5.31. The predicted octanol–water partition coefficient (Wildman–Crippen LogP) is 5.36. The summed E-state index contributed by atoms with van der Waals surface area (Å²) in [5.74, 6) is 0.812. The molecule has 0 atom stereocenters. The van der Waals surface area contributed by atoms with Crippen LogP contribution in [0.4, 0.5) is 5.69 Å². The second-order valence-electron chi connectivity index (χ2n) is 6.64. The topological polar surface area (TPSA) is 80.9 Å². The number of rotatable bonds is 5. The number of carbonyl (C=O) groups excluding carboxylic acids is 1. The van der Waals surface area contributed by atoms with E-state index < -0.39 is 0 Å². The lowest BCUT2D eigenvalue weighted by molar-refractivity contribution is -0.114. The molecule has 0 bridgehead atoms. The number of anilines is 1. The van der Waals surface area contributed by atoms with Crippen LogP contribution >= 0.6 is 11.3 Å². The molecule has 146 valence electrons. The molecule has 29 heavy (non-hydrogen) atoms. The maximum atomic E-state index is 11.4. The van der Waals surface area contributed by atoms with E-state index >= 15 is 0 Å². The summed E-state index contributed by atoms with van der Waals surface area (Å²) in [6.45, 7) is 5.50. The zero-order chi connectivity index (χ0) is 20.4. The summed E-state index contributed by atoms with van der Waals surface area (Å²) >= 11 is 1.67. The van der Waals surface area contributed by atoms with Crippen molar-refractivity contribution in [1.29, 1.82) is 0 Å². The maximum absolute atomic E-state index is 11.4. The highest BCUT2D eigenvalue weighted by atomic mass is 32.1. The second-order valence-corrected chi connectivity index (χ2v) is 7.58. The van der Waals surface area contributed by atoms with E-state index in [0.717, 1.165) is 45.1 Å². The molecule has 4 rings (SSSR count). The first-order chi connectivity index (χ1) is 14.0. The molecule has 0 fully saturated rings. The molecule has 2 aromatic carbocycles. The molecule has 7 heteroatoms. The number of carbonyl (C=O) groups is 1. The number of thiazole rings is 1. The smallest absolute Gasteiger partial charge is 0.258 e. The van der Waals surface area contributed by atoms with Crippen molar-refractivity contribution in [1.82, 2.24) is 15.1 Å². The second kappa shape index (κ2) is 7.97. The van der Waals surface area contributed by atoms with Gasteiger partial charge in [0.2, 0.25) is 11.7 Å². The van der Waals surface area contributed by atoms with Crippen LogP contribution < -0.4 is 5.32 Å². The zero-order valence-electron chi connectivity index (χ0n) is 16.4. The van der Waals surface area contributed by atoms with E-state index in [2.05, 4.69) is 32.7 Å². The molecule has 0 radical (unpaired) electrons. The minimum absolute atomic E-state index is 0.122. The van der Waals surface area contributed by atoms with Gasteiger partial charge in [-0.3, -0.25) is 4.79 Å². The van der Waals surface area contributed by atoms with Crippen LogP contribution in [-0.4, -0.2) is 21.0 Å². The van der Waals surface area contributed by atoms with Gasteiger partial charge in [0.25, 0.3) is 5.89 Å². The molecule has 0 aliphatic carbocycles. The molecule has 0 unspecified atom stereocenters. The molecular formula is C22H20N4O2S. The molecule has 0 saturated heterocycles. The van der Waals surface area contributed by atoms with Gasteiger partial charge in [0.15, 0.2) is 0 Å². The lowest BCUT2D eigenvalue weighted by atomic mass is 10.1. The Hall–Kier alpha value is -3.32. The van der Waals surface area contributed by atoms with Crippen molar-refractivity contribution < 1.29 is 9.32 Å². The van der Waals surface area contributed by atoms with E-state index in [9.17, 15) is 4.79 Å². The molecule has 4 aromatic rings. The largest absolute Gasteiger partial charge is 0.334 e. The van der Waals surface area contributed by atoms with Crippen molar-refractivity contribution in [3.05, 3.63) is 58.4 Å². The summed E-state index contributed by atoms with van der Waals surface area (Å²) in [7, 11) is 0. The molecule has 0 aliphatic rings. The van der Waals surface area contributed by atoms with Crippen LogP contribution in [0.2, 0.25) is 0 Å². The lowest BCUT2D eigenvalue weighted by Gasteiger charge is -2.08. The monoisotopic (exact) mass is 404 g/mol. The van der Waals surface area contributed by atoms with Gasteiger partial charge < -0.3 is 9.84 Å². The Labute approximate surface area is 172 Å². The number of hydrogen-bond donors (Lipinski definition) is 1. The number of nitrogens with zero attached hydrogens (tertiary/aromatic N) is 3. The third kappa shape index (κ3) is 3.95. The van der Waals surface area contributed by atoms with Gasteiger partial charge in [0.05, 0.1) is 10.7 Å². The van der Waals surface area contributed by atoms with Gasteiger partial charge in [0, 0.05) is 34.7 Å². The molecular weight excluding hydrogens is 384 g/mol. The third-order valence-corrected chi connectivity index (χ3v) is 5.59. The average molecular weight is 404 g/mol. The summed E-state index contributed by atoms with van der Waals surface area (Å²) in [6, 6.07) is 13.6. The van der Waals surface area contributed by atoms with Crippen LogP contribution in [0.5, 0.6) is 0 Å². The molecule has 0 saturated carbocycles. The SMILES string of the molecule is CCc1nc(-c2ccc(-c3noc(-c4cccc(NC(C)=O)c4C)n3)cc2)cs1. The average Bonchev–Trinajstić information content (AvgIpc) is 3.39. The number of aryl methyl sites for hydroxylation is 1. The van der Waals surface area contributed by atoms with E-state index in [1.807, 2.05) is 49.4 Å². The Morgan fingerprint density at radius 1 is 1.10 bits per heavy atom. The van der Waals surface area contributed by atoms with Crippen LogP contribution in [0.1, 0.15) is 24.4 Å². The van der Waals surface area contributed by atoms with Gasteiger partial charge in [-0.1, -0.05) is 42.4 Å². The van der Waals surface area contributed by atoms with E-state index in [1.165, 1.54) is 6.92 Å². The fourth-order valence-electron chi connectivity index (χ4n) is 3.04. The third-order valence-electron chi connectivity index (χ3n) is 4.59. The highest BCUT2D eigenvalue weighted by Crippen LogP contribution is 2.30. The molecule has 1 amide bonds. The van der Waals surface area contributed by atoms with Gasteiger partial charge >= 0.3 is 0 Å². The standard InChI is InChI=1S/C22H20N4O2S/c1-4-20-24-19(12-29-20)15-8-10-16(11-9-15)21-25-22(28-26-21)17-6-5-7-18(13(17)2)23-14(3)27/h5-12H,4H2,1-3H3,(H,23,27). The molecule has 2 aromatic heterocycles. The number of benzene rings is 2. The normalized spacial score (nSPS) is 10.9. The van der Waals surface area contributed by atoms with Gasteiger partial charge in [-0.2, -0.15) is 4.98 Å². The van der Waals surface area contributed by atoms with Crippen LogP contribution in [0.25, 0.3) is 34.1 Å². The molecule has 0 aliphatic heterocycles. The Morgan fingerprint density at radius 2 is 1.86 bits per heavy atom. The van der Waals surface area contributed by atoms with Crippen molar-refractivity contribution in [2.45, 2.75) is 27.2 Å².